The maximum atomic E-state index is 12.5. The van der Waals surface area contributed by atoms with Gasteiger partial charge in [-0.1, -0.05) is 31.4 Å². The van der Waals surface area contributed by atoms with E-state index in [0.717, 1.165) is 18.9 Å². The number of nitrogens with one attached hydrogen (secondary N) is 1. The van der Waals surface area contributed by atoms with Crippen LogP contribution in [0.5, 0.6) is 11.5 Å². The van der Waals surface area contributed by atoms with E-state index < -0.39 is 6.61 Å². The summed E-state index contributed by atoms with van der Waals surface area (Å²) in [5, 5.41) is 3.29. The molecule has 0 heterocycles. The molecular weight excluding hydrogens is 264 g/mol. The zero-order valence-electron chi connectivity index (χ0n) is 11.7. The van der Waals surface area contributed by atoms with Crippen LogP contribution in [0.2, 0.25) is 0 Å². The summed E-state index contributed by atoms with van der Waals surface area (Å²) in [6.45, 7) is -1.44. The normalized spacial score (nSPS) is 15.2. The lowest BCUT2D eigenvalue weighted by Crippen LogP contribution is -2.21. The van der Waals surface area contributed by atoms with Gasteiger partial charge in [0.1, 0.15) is 0 Å². The Morgan fingerprint density at radius 3 is 2.75 bits per heavy atom. The highest BCUT2D eigenvalue weighted by atomic mass is 19.3. The monoisotopic (exact) mass is 285 g/mol. The van der Waals surface area contributed by atoms with Gasteiger partial charge in [-0.2, -0.15) is 8.78 Å². The second-order valence-electron chi connectivity index (χ2n) is 5.09. The molecule has 1 saturated carbocycles. The van der Waals surface area contributed by atoms with Crippen LogP contribution in [0, 0.1) is 5.92 Å². The number of alkyl halides is 2. The minimum absolute atomic E-state index is 0.126. The number of para-hydroxylation sites is 1. The van der Waals surface area contributed by atoms with E-state index in [9.17, 15) is 8.78 Å². The molecule has 2 rings (SSSR count). The quantitative estimate of drug-likeness (QED) is 0.741. The van der Waals surface area contributed by atoms with Crippen molar-refractivity contribution in [2.75, 3.05) is 13.7 Å². The van der Waals surface area contributed by atoms with Crippen molar-refractivity contribution in [1.82, 2.24) is 5.32 Å². The molecule has 0 saturated heterocycles. The van der Waals surface area contributed by atoms with Crippen LogP contribution in [0.25, 0.3) is 0 Å². The fourth-order valence-electron chi connectivity index (χ4n) is 2.39. The molecule has 0 atom stereocenters. The number of halogens is 2. The first kappa shape index (κ1) is 15.0. The van der Waals surface area contributed by atoms with E-state index in [4.69, 9.17) is 4.74 Å². The molecule has 0 unspecified atom stereocenters. The Morgan fingerprint density at radius 1 is 1.35 bits per heavy atom. The average molecular weight is 285 g/mol. The second kappa shape index (κ2) is 7.43. The fraction of sp³-hybridized carbons (Fsp3) is 0.600. The molecule has 1 aliphatic rings. The van der Waals surface area contributed by atoms with Crippen molar-refractivity contribution in [3.05, 3.63) is 23.8 Å². The van der Waals surface area contributed by atoms with E-state index in [-0.39, 0.29) is 5.75 Å². The van der Waals surface area contributed by atoms with Gasteiger partial charge in [0, 0.05) is 12.1 Å². The van der Waals surface area contributed by atoms with E-state index >= 15 is 0 Å². The van der Waals surface area contributed by atoms with Crippen molar-refractivity contribution in [1.29, 1.82) is 0 Å². The van der Waals surface area contributed by atoms with Crippen molar-refractivity contribution in [2.45, 2.75) is 38.8 Å². The van der Waals surface area contributed by atoms with Crippen LogP contribution in [-0.2, 0) is 6.54 Å². The minimum atomic E-state index is -2.85. The molecule has 1 aromatic rings. The van der Waals surface area contributed by atoms with Gasteiger partial charge in [0.05, 0.1) is 7.11 Å². The highest BCUT2D eigenvalue weighted by Gasteiger charge is 2.17. The topological polar surface area (TPSA) is 30.5 Å². The standard InChI is InChI=1S/C15H21F2NO2/c1-19-13-7-3-6-12(14(13)20-15(16)17)10-18-9-8-11-4-2-5-11/h3,6-7,11,15,18H,2,4-5,8-10H2,1H3. The molecule has 0 aromatic heterocycles. The Hall–Kier alpha value is -1.36. The number of hydrogen-bond donors (Lipinski definition) is 1. The lowest BCUT2D eigenvalue weighted by atomic mass is 9.83. The summed E-state index contributed by atoms with van der Waals surface area (Å²) >= 11 is 0. The van der Waals surface area contributed by atoms with Crippen molar-refractivity contribution < 1.29 is 18.3 Å². The van der Waals surface area contributed by atoms with Crippen molar-refractivity contribution >= 4 is 0 Å². The molecule has 0 bridgehead atoms. The van der Waals surface area contributed by atoms with Crippen LogP contribution in [0.3, 0.4) is 0 Å². The van der Waals surface area contributed by atoms with Gasteiger partial charge in [-0.05, 0) is 24.9 Å². The molecule has 1 aliphatic carbocycles. The lowest BCUT2D eigenvalue weighted by Gasteiger charge is -2.25. The molecule has 0 amide bonds. The van der Waals surface area contributed by atoms with Gasteiger partial charge in [-0.25, -0.2) is 0 Å². The predicted octanol–water partition coefficient (Wildman–Crippen LogP) is 3.58. The molecule has 112 valence electrons. The molecule has 1 fully saturated rings. The molecule has 5 heteroatoms. The van der Waals surface area contributed by atoms with Gasteiger partial charge >= 0.3 is 6.61 Å². The highest BCUT2D eigenvalue weighted by molar-refractivity contribution is 5.46. The predicted molar refractivity (Wildman–Crippen MR) is 73.3 cm³/mol. The summed E-state index contributed by atoms with van der Waals surface area (Å²) in [6, 6.07) is 5.17. The van der Waals surface area contributed by atoms with Crippen LogP contribution in [0.4, 0.5) is 8.78 Å². The molecule has 20 heavy (non-hydrogen) atoms. The van der Waals surface area contributed by atoms with Gasteiger partial charge in [-0.3, -0.25) is 0 Å². The summed E-state index contributed by atoms with van der Waals surface area (Å²) in [4.78, 5) is 0. The van der Waals surface area contributed by atoms with E-state index in [1.807, 2.05) is 0 Å². The van der Waals surface area contributed by atoms with Gasteiger partial charge in [0.25, 0.3) is 0 Å². The van der Waals surface area contributed by atoms with Crippen molar-refractivity contribution in [3.63, 3.8) is 0 Å². The van der Waals surface area contributed by atoms with Crippen molar-refractivity contribution in [3.8, 4) is 11.5 Å². The lowest BCUT2D eigenvalue weighted by molar-refractivity contribution is -0.0518. The van der Waals surface area contributed by atoms with Gasteiger partial charge in [0.15, 0.2) is 11.5 Å². The first-order chi connectivity index (χ1) is 9.70. The Balaban J connectivity index is 1.90. The summed E-state index contributed by atoms with van der Waals surface area (Å²) in [5.41, 5.74) is 0.693. The zero-order chi connectivity index (χ0) is 14.4. The van der Waals surface area contributed by atoms with Crippen LogP contribution in [0.15, 0.2) is 18.2 Å². The molecule has 1 aromatic carbocycles. The summed E-state index contributed by atoms with van der Waals surface area (Å²) in [6.07, 6.45) is 5.13. The highest BCUT2D eigenvalue weighted by Crippen LogP contribution is 2.32. The van der Waals surface area contributed by atoms with E-state index in [2.05, 4.69) is 10.1 Å². The van der Waals surface area contributed by atoms with Gasteiger partial charge < -0.3 is 14.8 Å². The molecule has 0 spiro atoms. The minimum Gasteiger partial charge on any atom is -0.493 e. The third-order valence-electron chi connectivity index (χ3n) is 3.76. The molecule has 0 aliphatic heterocycles. The Morgan fingerprint density at radius 2 is 2.15 bits per heavy atom. The smallest absolute Gasteiger partial charge is 0.387 e. The molecular formula is C15H21F2NO2. The third-order valence-corrected chi connectivity index (χ3v) is 3.76. The van der Waals surface area contributed by atoms with E-state index in [0.29, 0.717) is 17.9 Å². The summed E-state index contributed by atoms with van der Waals surface area (Å²) in [5.74, 6) is 1.30. The van der Waals surface area contributed by atoms with Crippen LogP contribution in [-0.4, -0.2) is 20.3 Å². The molecule has 3 nitrogen and oxygen atoms in total. The van der Waals surface area contributed by atoms with E-state index in [1.165, 1.54) is 26.4 Å². The summed E-state index contributed by atoms with van der Waals surface area (Å²) < 4.78 is 34.6. The average Bonchev–Trinajstić information content (AvgIpc) is 2.37. The molecule has 1 N–H and O–H groups in total. The van der Waals surface area contributed by atoms with Crippen molar-refractivity contribution in [2.24, 2.45) is 5.92 Å². The maximum absolute atomic E-state index is 12.5. The number of methoxy groups -OCH3 is 1. The number of benzene rings is 1. The Bertz CT molecular complexity index is 422. The second-order valence-corrected chi connectivity index (χ2v) is 5.09. The largest absolute Gasteiger partial charge is 0.493 e. The number of ether oxygens (including phenoxy) is 2. The van der Waals surface area contributed by atoms with E-state index in [1.54, 1.807) is 18.2 Å². The maximum Gasteiger partial charge on any atom is 0.387 e. The SMILES string of the molecule is COc1cccc(CNCCC2CCC2)c1OC(F)F. The Kier molecular flexibility index (Phi) is 5.59. The Labute approximate surface area is 118 Å². The third kappa shape index (κ3) is 4.07. The first-order valence-corrected chi connectivity index (χ1v) is 7.02. The van der Waals surface area contributed by atoms with Gasteiger partial charge in [-0.15, -0.1) is 0 Å². The fourth-order valence-corrected chi connectivity index (χ4v) is 2.39. The van der Waals surface area contributed by atoms with Gasteiger partial charge in [0.2, 0.25) is 0 Å². The number of hydrogen-bond acceptors (Lipinski definition) is 3. The first-order valence-electron chi connectivity index (χ1n) is 7.02. The molecule has 0 radical (unpaired) electrons. The number of rotatable bonds is 8. The van der Waals surface area contributed by atoms with Crippen LogP contribution < -0.4 is 14.8 Å². The van der Waals surface area contributed by atoms with Crippen LogP contribution in [0.1, 0.15) is 31.2 Å². The summed E-state index contributed by atoms with van der Waals surface area (Å²) in [7, 11) is 1.45. The van der Waals surface area contributed by atoms with Crippen LogP contribution >= 0.6 is 0 Å². The zero-order valence-corrected chi connectivity index (χ0v) is 11.7.